The number of hydrogen-bond donors (Lipinski definition) is 2. The maximum absolute atomic E-state index is 6.01. The first-order valence-corrected chi connectivity index (χ1v) is 8.78. The molecule has 2 aliphatic rings. The van der Waals surface area contributed by atoms with Gasteiger partial charge in [-0.05, 0) is 25.3 Å². The van der Waals surface area contributed by atoms with Gasteiger partial charge in [0.25, 0.3) is 0 Å². The Labute approximate surface area is 142 Å². The third kappa shape index (κ3) is 3.24. The van der Waals surface area contributed by atoms with Gasteiger partial charge < -0.3 is 14.8 Å². The van der Waals surface area contributed by atoms with Crippen LogP contribution < -0.4 is 5.32 Å². The maximum atomic E-state index is 6.01. The molecule has 0 saturated carbocycles. The zero-order valence-electron chi connectivity index (χ0n) is 14.2. The molecule has 24 heavy (non-hydrogen) atoms. The summed E-state index contributed by atoms with van der Waals surface area (Å²) in [6.07, 6.45) is 5.03. The first kappa shape index (κ1) is 15.8. The average Bonchev–Trinajstić information content (AvgIpc) is 3.24. The Morgan fingerprint density at radius 2 is 2.17 bits per heavy atom. The van der Waals surface area contributed by atoms with E-state index in [-0.39, 0.29) is 5.60 Å². The molecule has 0 amide bonds. The minimum absolute atomic E-state index is 0.0495. The van der Waals surface area contributed by atoms with Gasteiger partial charge in [-0.3, -0.25) is 5.10 Å². The molecule has 4 rings (SSSR count). The second kappa shape index (κ2) is 6.67. The lowest BCUT2D eigenvalue weighted by molar-refractivity contribution is -0.0894. The predicted octanol–water partition coefficient (Wildman–Crippen LogP) is 2.81. The molecule has 1 aromatic heterocycles. The van der Waals surface area contributed by atoms with E-state index in [4.69, 9.17) is 9.47 Å². The van der Waals surface area contributed by atoms with Gasteiger partial charge in [0.15, 0.2) is 0 Å². The fourth-order valence-electron chi connectivity index (χ4n) is 3.73. The Morgan fingerprint density at radius 3 is 2.96 bits per heavy atom. The van der Waals surface area contributed by atoms with Crippen LogP contribution >= 0.6 is 0 Å². The average molecular weight is 327 g/mol. The number of aryl methyl sites for hydroxylation is 1. The van der Waals surface area contributed by atoms with Gasteiger partial charge in [-0.1, -0.05) is 29.8 Å². The molecule has 0 radical (unpaired) electrons. The van der Waals surface area contributed by atoms with E-state index < -0.39 is 0 Å². The van der Waals surface area contributed by atoms with E-state index in [9.17, 15) is 0 Å². The zero-order chi connectivity index (χ0) is 16.4. The number of nitrogens with one attached hydrogen (secondary N) is 2. The fraction of sp³-hybridized carbons (Fsp3) is 0.526. The standard InChI is InChI=1S/C19H25N3O2/c1-14-2-4-15(5-3-14)18-16(12-21-22-18)11-20-17-6-8-24-19(10-17)7-9-23-13-19/h2-5,12,17,20H,6-11,13H2,1H3,(H,21,22). The van der Waals surface area contributed by atoms with E-state index >= 15 is 0 Å². The van der Waals surface area contributed by atoms with Gasteiger partial charge in [0.2, 0.25) is 0 Å². The summed E-state index contributed by atoms with van der Waals surface area (Å²) in [5.41, 5.74) is 4.72. The number of benzene rings is 1. The molecular weight excluding hydrogens is 302 g/mol. The number of H-pyrrole nitrogens is 1. The van der Waals surface area contributed by atoms with Gasteiger partial charge in [-0.15, -0.1) is 0 Å². The third-order valence-electron chi connectivity index (χ3n) is 5.20. The van der Waals surface area contributed by atoms with Crippen molar-refractivity contribution in [3.8, 4) is 11.3 Å². The molecule has 1 spiro atoms. The van der Waals surface area contributed by atoms with Crippen LogP contribution in [0.3, 0.4) is 0 Å². The molecule has 5 nitrogen and oxygen atoms in total. The molecule has 2 unspecified atom stereocenters. The number of ether oxygens (including phenoxy) is 2. The van der Waals surface area contributed by atoms with Crippen molar-refractivity contribution in [2.24, 2.45) is 0 Å². The van der Waals surface area contributed by atoms with Gasteiger partial charge in [-0.2, -0.15) is 5.10 Å². The summed E-state index contributed by atoms with van der Waals surface area (Å²) >= 11 is 0. The first-order chi connectivity index (χ1) is 11.7. The van der Waals surface area contributed by atoms with Gasteiger partial charge in [0, 0.05) is 37.8 Å². The molecule has 3 heterocycles. The number of rotatable bonds is 4. The second-order valence-electron chi connectivity index (χ2n) is 7.04. The van der Waals surface area contributed by atoms with Gasteiger partial charge in [-0.25, -0.2) is 0 Å². The molecule has 2 saturated heterocycles. The Kier molecular flexibility index (Phi) is 4.39. The summed E-state index contributed by atoms with van der Waals surface area (Å²) < 4.78 is 11.6. The van der Waals surface area contributed by atoms with E-state index in [1.807, 2.05) is 6.20 Å². The fourth-order valence-corrected chi connectivity index (χ4v) is 3.73. The van der Waals surface area contributed by atoms with E-state index in [1.54, 1.807) is 0 Å². The van der Waals surface area contributed by atoms with Crippen LogP contribution in [0, 0.1) is 6.92 Å². The van der Waals surface area contributed by atoms with Crippen LogP contribution in [0.1, 0.15) is 30.4 Å². The highest BCUT2D eigenvalue weighted by Gasteiger charge is 2.40. The van der Waals surface area contributed by atoms with E-state index in [1.165, 1.54) is 16.7 Å². The third-order valence-corrected chi connectivity index (χ3v) is 5.20. The molecular formula is C19H25N3O2. The van der Waals surface area contributed by atoms with Crippen LogP contribution in [0.15, 0.2) is 30.5 Å². The smallest absolute Gasteiger partial charge is 0.0951 e. The van der Waals surface area contributed by atoms with Crippen molar-refractivity contribution in [3.05, 3.63) is 41.6 Å². The van der Waals surface area contributed by atoms with Gasteiger partial charge in [0.05, 0.1) is 24.1 Å². The molecule has 128 valence electrons. The quantitative estimate of drug-likeness (QED) is 0.906. The molecule has 5 heteroatoms. The van der Waals surface area contributed by atoms with Crippen molar-refractivity contribution in [1.82, 2.24) is 15.5 Å². The predicted molar refractivity (Wildman–Crippen MR) is 92.7 cm³/mol. The highest BCUT2D eigenvalue weighted by molar-refractivity contribution is 5.62. The Morgan fingerprint density at radius 1 is 1.29 bits per heavy atom. The highest BCUT2D eigenvalue weighted by Crippen LogP contribution is 2.33. The minimum atomic E-state index is -0.0495. The molecule has 1 aromatic carbocycles. The molecule has 0 aliphatic carbocycles. The van der Waals surface area contributed by atoms with Gasteiger partial charge in [0.1, 0.15) is 0 Å². The van der Waals surface area contributed by atoms with Crippen molar-refractivity contribution in [1.29, 1.82) is 0 Å². The monoisotopic (exact) mass is 327 g/mol. The lowest BCUT2D eigenvalue weighted by Crippen LogP contribution is -2.47. The van der Waals surface area contributed by atoms with Crippen LogP contribution in [0.4, 0.5) is 0 Å². The van der Waals surface area contributed by atoms with Gasteiger partial charge >= 0.3 is 0 Å². The first-order valence-electron chi connectivity index (χ1n) is 8.78. The summed E-state index contributed by atoms with van der Waals surface area (Å²) in [6.45, 7) is 5.31. The number of hydrogen-bond acceptors (Lipinski definition) is 4. The van der Waals surface area contributed by atoms with Crippen molar-refractivity contribution < 1.29 is 9.47 Å². The van der Waals surface area contributed by atoms with E-state index in [0.717, 1.165) is 51.3 Å². The summed E-state index contributed by atoms with van der Waals surface area (Å²) in [7, 11) is 0. The Bertz CT molecular complexity index is 674. The summed E-state index contributed by atoms with van der Waals surface area (Å²) in [4.78, 5) is 0. The number of nitrogens with zero attached hydrogens (tertiary/aromatic N) is 1. The molecule has 2 aliphatic heterocycles. The van der Waals surface area contributed by atoms with Crippen molar-refractivity contribution >= 4 is 0 Å². The lowest BCUT2D eigenvalue weighted by Gasteiger charge is -2.37. The van der Waals surface area contributed by atoms with Crippen molar-refractivity contribution in [3.63, 3.8) is 0 Å². The Hall–Kier alpha value is -1.69. The highest BCUT2D eigenvalue weighted by atomic mass is 16.6. The number of aromatic nitrogens is 2. The lowest BCUT2D eigenvalue weighted by atomic mass is 9.89. The molecule has 0 bridgehead atoms. The molecule has 2 aromatic rings. The summed E-state index contributed by atoms with van der Waals surface area (Å²) in [5.74, 6) is 0. The van der Waals surface area contributed by atoms with E-state index in [2.05, 4.69) is 46.7 Å². The molecule has 2 fully saturated rings. The summed E-state index contributed by atoms with van der Waals surface area (Å²) in [6, 6.07) is 9.03. The van der Waals surface area contributed by atoms with Crippen LogP contribution in [0.5, 0.6) is 0 Å². The van der Waals surface area contributed by atoms with Crippen LogP contribution in [0.25, 0.3) is 11.3 Å². The largest absolute Gasteiger partial charge is 0.378 e. The van der Waals surface area contributed by atoms with Crippen molar-refractivity contribution in [2.75, 3.05) is 19.8 Å². The van der Waals surface area contributed by atoms with Crippen molar-refractivity contribution in [2.45, 2.75) is 44.4 Å². The van der Waals surface area contributed by atoms with Crippen LogP contribution in [-0.2, 0) is 16.0 Å². The second-order valence-corrected chi connectivity index (χ2v) is 7.04. The maximum Gasteiger partial charge on any atom is 0.0951 e. The summed E-state index contributed by atoms with van der Waals surface area (Å²) in [5, 5.41) is 11.1. The van der Waals surface area contributed by atoms with E-state index in [0.29, 0.717) is 6.04 Å². The SMILES string of the molecule is Cc1ccc(-c2[nH]ncc2CNC2CCOC3(CCOC3)C2)cc1. The normalized spacial score (nSPS) is 27.0. The van der Waals surface area contributed by atoms with Crippen LogP contribution in [0.2, 0.25) is 0 Å². The number of aromatic amines is 1. The zero-order valence-corrected chi connectivity index (χ0v) is 14.2. The van der Waals surface area contributed by atoms with Crippen LogP contribution in [-0.4, -0.2) is 41.7 Å². The Balaban J connectivity index is 1.41. The topological polar surface area (TPSA) is 59.2 Å². The molecule has 2 atom stereocenters. The molecule has 2 N–H and O–H groups in total. The minimum Gasteiger partial charge on any atom is -0.378 e.